The van der Waals surface area contributed by atoms with Crippen LogP contribution in [0, 0.1) is 0 Å². The van der Waals surface area contributed by atoms with E-state index >= 15 is 0 Å². The van der Waals surface area contributed by atoms with Gasteiger partial charge in [-0.2, -0.15) is 0 Å². The summed E-state index contributed by atoms with van der Waals surface area (Å²) in [5.41, 5.74) is 8.28. The number of fused-ring (bicyclic) bond motifs is 3. The average molecular weight is 552 g/mol. The van der Waals surface area contributed by atoms with Crippen LogP contribution in [-0.2, 0) is 0 Å². The van der Waals surface area contributed by atoms with Gasteiger partial charge in [-0.15, -0.1) is 0 Å². The molecule has 0 unspecified atom stereocenters. The van der Waals surface area contributed by atoms with Gasteiger partial charge in [0.05, 0.1) is 22.4 Å². The molecule has 180 valence electrons. The lowest BCUT2D eigenvalue weighted by atomic mass is 10.1. The van der Waals surface area contributed by atoms with Crippen molar-refractivity contribution in [1.29, 1.82) is 0 Å². The van der Waals surface area contributed by atoms with Crippen molar-refractivity contribution in [2.24, 2.45) is 0 Å². The highest BCUT2D eigenvalue weighted by Gasteiger charge is 2.16. The first-order valence-electron chi connectivity index (χ1n) is 12.5. The fraction of sp³-hybridized carbons (Fsp3) is 0. The lowest BCUT2D eigenvalue weighted by Gasteiger charge is -2.12. The summed E-state index contributed by atoms with van der Waals surface area (Å²) in [5.74, 6) is 0.701. The summed E-state index contributed by atoms with van der Waals surface area (Å²) in [6.07, 6.45) is 0. The second kappa shape index (κ2) is 9.40. The number of hydrogen-bond acceptors (Lipinski definition) is 2. The number of benzene rings is 5. The Hall–Kier alpha value is -4.54. The zero-order chi connectivity index (χ0) is 25.5. The Bertz CT molecular complexity index is 1870. The van der Waals surface area contributed by atoms with Crippen LogP contribution in [0.5, 0.6) is 0 Å². The van der Waals surface area contributed by atoms with Crippen LogP contribution in [0.2, 0.25) is 0 Å². The summed E-state index contributed by atoms with van der Waals surface area (Å²) in [7, 11) is 0. The fourth-order valence-electron chi connectivity index (χ4n) is 5.12. The zero-order valence-corrected chi connectivity index (χ0v) is 22.0. The molecule has 38 heavy (non-hydrogen) atoms. The first-order valence-corrected chi connectivity index (χ1v) is 13.3. The Morgan fingerprint density at radius 1 is 0.500 bits per heavy atom. The summed E-state index contributed by atoms with van der Waals surface area (Å²) in [5, 5.41) is 2.44. The van der Waals surface area contributed by atoms with Crippen molar-refractivity contribution in [2.45, 2.75) is 0 Å². The van der Waals surface area contributed by atoms with E-state index in [0.717, 1.165) is 49.3 Å². The van der Waals surface area contributed by atoms with Gasteiger partial charge in [0.2, 0.25) is 0 Å². The van der Waals surface area contributed by atoms with Crippen LogP contribution in [-0.4, -0.2) is 14.5 Å². The third-order valence-electron chi connectivity index (χ3n) is 6.87. The molecule has 0 bridgehead atoms. The van der Waals surface area contributed by atoms with Gasteiger partial charge in [0.25, 0.3) is 0 Å². The topological polar surface area (TPSA) is 30.7 Å². The number of nitrogens with zero attached hydrogens (tertiary/aromatic N) is 3. The predicted molar refractivity (Wildman–Crippen MR) is 160 cm³/mol. The van der Waals surface area contributed by atoms with Gasteiger partial charge in [0.15, 0.2) is 5.82 Å². The van der Waals surface area contributed by atoms with Crippen LogP contribution in [0.3, 0.4) is 0 Å². The molecule has 0 saturated carbocycles. The molecule has 0 spiro atoms. The molecular formula is C34H22BrN3. The Morgan fingerprint density at radius 2 is 1.08 bits per heavy atom. The largest absolute Gasteiger partial charge is 0.308 e. The van der Waals surface area contributed by atoms with Gasteiger partial charge < -0.3 is 4.57 Å². The Labute approximate surface area is 229 Å². The molecule has 0 aliphatic rings. The first-order chi connectivity index (χ1) is 18.8. The van der Waals surface area contributed by atoms with Gasteiger partial charge in [-0.25, -0.2) is 9.97 Å². The number of hydrogen-bond donors (Lipinski definition) is 0. The summed E-state index contributed by atoms with van der Waals surface area (Å²) in [6.45, 7) is 0. The molecule has 2 heterocycles. The van der Waals surface area contributed by atoms with Crippen LogP contribution in [0.15, 0.2) is 138 Å². The minimum Gasteiger partial charge on any atom is -0.308 e. The van der Waals surface area contributed by atoms with E-state index in [1.54, 1.807) is 0 Å². The summed E-state index contributed by atoms with van der Waals surface area (Å²) in [4.78, 5) is 10.1. The van der Waals surface area contributed by atoms with Crippen LogP contribution in [0.4, 0.5) is 0 Å². The second-order valence-electron chi connectivity index (χ2n) is 9.23. The number of halogens is 1. The van der Waals surface area contributed by atoms with Gasteiger partial charge >= 0.3 is 0 Å². The molecule has 7 rings (SSSR count). The lowest BCUT2D eigenvalue weighted by molar-refractivity contribution is 1.15. The van der Waals surface area contributed by atoms with Crippen LogP contribution < -0.4 is 0 Å². The molecule has 2 aromatic heterocycles. The molecule has 0 N–H and O–H groups in total. The van der Waals surface area contributed by atoms with Crippen molar-refractivity contribution < 1.29 is 0 Å². The summed E-state index contributed by atoms with van der Waals surface area (Å²) >= 11 is 3.81. The number of para-hydroxylation sites is 2. The third-order valence-corrected chi connectivity index (χ3v) is 7.51. The number of aromatic nitrogens is 3. The van der Waals surface area contributed by atoms with Crippen LogP contribution in [0.25, 0.3) is 61.4 Å². The zero-order valence-electron chi connectivity index (χ0n) is 20.4. The van der Waals surface area contributed by atoms with Crippen molar-refractivity contribution in [3.8, 4) is 39.6 Å². The van der Waals surface area contributed by atoms with E-state index in [2.05, 4.69) is 118 Å². The minimum absolute atomic E-state index is 0.701. The predicted octanol–water partition coefficient (Wildman–Crippen LogP) is 9.34. The molecule has 4 heteroatoms. The van der Waals surface area contributed by atoms with E-state index in [1.165, 1.54) is 10.8 Å². The highest BCUT2D eigenvalue weighted by molar-refractivity contribution is 9.10. The van der Waals surface area contributed by atoms with Crippen molar-refractivity contribution in [1.82, 2.24) is 14.5 Å². The maximum absolute atomic E-state index is 5.03. The SMILES string of the molecule is Brc1cccc2c3ccccc3n(-c3cccc(-c4nc(-c5ccccc5)cc(-c5ccccc5)n4)c3)c12. The Balaban J connectivity index is 1.45. The molecule has 5 aromatic carbocycles. The Morgan fingerprint density at radius 3 is 1.79 bits per heavy atom. The number of rotatable bonds is 4. The van der Waals surface area contributed by atoms with Gasteiger partial charge in [-0.1, -0.05) is 103 Å². The highest BCUT2D eigenvalue weighted by atomic mass is 79.9. The second-order valence-corrected chi connectivity index (χ2v) is 10.1. The van der Waals surface area contributed by atoms with Crippen molar-refractivity contribution in [3.05, 3.63) is 138 Å². The van der Waals surface area contributed by atoms with Crippen LogP contribution >= 0.6 is 15.9 Å². The van der Waals surface area contributed by atoms with E-state index in [4.69, 9.17) is 9.97 Å². The molecule has 0 aliphatic carbocycles. The monoisotopic (exact) mass is 551 g/mol. The van der Waals surface area contributed by atoms with Crippen LogP contribution in [0.1, 0.15) is 0 Å². The average Bonchev–Trinajstić information content (AvgIpc) is 3.34. The molecule has 0 saturated heterocycles. The van der Waals surface area contributed by atoms with E-state index in [1.807, 2.05) is 36.4 Å². The molecular weight excluding hydrogens is 530 g/mol. The van der Waals surface area contributed by atoms with E-state index < -0.39 is 0 Å². The molecule has 0 aliphatic heterocycles. The lowest BCUT2D eigenvalue weighted by Crippen LogP contribution is -1.98. The first kappa shape index (κ1) is 22.6. The van der Waals surface area contributed by atoms with Gasteiger partial charge in [0.1, 0.15) is 0 Å². The molecule has 0 fully saturated rings. The minimum atomic E-state index is 0.701. The molecule has 3 nitrogen and oxygen atoms in total. The normalized spacial score (nSPS) is 11.3. The van der Waals surface area contributed by atoms with Gasteiger partial charge in [0, 0.05) is 37.6 Å². The Kier molecular flexibility index (Phi) is 5.60. The summed E-state index contributed by atoms with van der Waals surface area (Å²) < 4.78 is 3.38. The molecule has 7 aromatic rings. The molecule has 0 atom stereocenters. The van der Waals surface area contributed by atoms with Crippen molar-refractivity contribution in [3.63, 3.8) is 0 Å². The molecule has 0 amide bonds. The maximum atomic E-state index is 5.03. The smallest absolute Gasteiger partial charge is 0.160 e. The fourth-order valence-corrected chi connectivity index (χ4v) is 5.66. The maximum Gasteiger partial charge on any atom is 0.160 e. The van der Waals surface area contributed by atoms with E-state index in [9.17, 15) is 0 Å². The summed E-state index contributed by atoms with van der Waals surface area (Å²) in [6, 6.07) is 46.1. The quantitative estimate of drug-likeness (QED) is 0.218. The van der Waals surface area contributed by atoms with E-state index in [-0.39, 0.29) is 0 Å². The molecule has 0 radical (unpaired) electrons. The standard InChI is InChI=1S/C34H22BrN3/c35-29-19-10-18-28-27-17-7-8-20-32(27)38(33(28)29)26-16-9-15-25(21-26)34-36-30(23-11-3-1-4-12-23)22-31(37-34)24-13-5-2-6-14-24/h1-22H. The van der Waals surface area contributed by atoms with Crippen molar-refractivity contribution in [2.75, 3.05) is 0 Å². The van der Waals surface area contributed by atoms with E-state index in [0.29, 0.717) is 5.82 Å². The third kappa shape index (κ3) is 3.90. The van der Waals surface area contributed by atoms with Gasteiger partial charge in [-0.3, -0.25) is 0 Å². The van der Waals surface area contributed by atoms with Gasteiger partial charge in [-0.05, 0) is 46.3 Å². The van der Waals surface area contributed by atoms with Crippen molar-refractivity contribution >= 4 is 37.7 Å². The highest BCUT2D eigenvalue weighted by Crippen LogP contribution is 2.37.